The molecule has 0 radical (unpaired) electrons. The van der Waals surface area contributed by atoms with Crippen molar-refractivity contribution in [2.24, 2.45) is 0 Å². The van der Waals surface area contributed by atoms with Crippen LogP contribution >= 0.6 is 15.9 Å². The van der Waals surface area contributed by atoms with Gasteiger partial charge in [0.1, 0.15) is 0 Å². The van der Waals surface area contributed by atoms with Gasteiger partial charge in [-0.2, -0.15) is 0 Å². The quantitative estimate of drug-likeness (QED) is 0.706. The summed E-state index contributed by atoms with van der Waals surface area (Å²) in [4.78, 5) is 11.1. The van der Waals surface area contributed by atoms with Crippen molar-refractivity contribution in [3.8, 4) is 0 Å². The number of allylic oxidation sites excluding steroid dienone is 3. The van der Waals surface area contributed by atoms with E-state index in [-0.39, 0.29) is 5.78 Å². The molecule has 0 aromatic carbocycles. The molecule has 0 aromatic rings. The standard InChI is InChI=1S/C8H10BrNO/c1-6-2-3-10-7(4-6)8(11)5-9/h2,4,10H,3,5H2,1H3. The first-order valence-electron chi connectivity index (χ1n) is 3.45. The van der Waals surface area contributed by atoms with Crippen LogP contribution in [-0.2, 0) is 4.79 Å². The summed E-state index contributed by atoms with van der Waals surface area (Å²) >= 11 is 3.12. The Bertz CT molecular complexity index is 230. The van der Waals surface area contributed by atoms with E-state index >= 15 is 0 Å². The van der Waals surface area contributed by atoms with Crippen molar-refractivity contribution in [1.82, 2.24) is 5.32 Å². The first-order chi connectivity index (χ1) is 5.24. The fraction of sp³-hybridized carbons (Fsp3) is 0.375. The number of Topliss-reactive ketones (excluding diaryl/α,β-unsaturated/α-hetero) is 1. The zero-order valence-corrected chi connectivity index (χ0v) is 7.94. The molecule has 1 heterocycles. The molecule has 0 saturated heterocycles. The van der Waals surface area contributed by atoms with Gasteiger partial charge in [0.15, 0.2) is 5.78 Å². The van der Waals surface area contributed by atoms with Gasteiger partial charge in [-0.3, -0.25) is 4.79 Å². The van der Waals surface area contributed by atoms with Gasteiger partial charge in [-0.15, -0.1) is 0 Å². The lowest BCUT2D eigenvalue weighted by Crippen LogP contribution is -2.24. The average molecular weight is 216 g/mol. The third-order valence-electron chi connectivity index (χ3n) is 1.51. The van der Waals surface area contributed by atoms with Crippen molar-refractivity contribution in [1.29, 1.82) is 0 Å². The first-order valence-corrected chi connectivity index (χ1v) is 4.57. The van der Waals surface area contributed by atoms with E-state index in [9.17, 15) is 4.79 Å². The molecule has 2 nitrogen and oxygen atoms in total. The molecule has 0 spiro atoms. The zero-order valence-electron chi connectivity index (χ0n) is 6.36. The molecule has 3 heteroatoms. The summed E-state index contributed by atoms with van der Waals surface area (Å²) in [7, 11) is 0. The first kappa shape index (κ1) is 8.53. The molecule has 1 aliphatic rings. The number of rotatable bonds is 2. The van der Waals surface area contributed by atoms with E-state index in [1.807, 2.05) is 19.1 Å². The number of hydrogen-bond donors (Lipinski definition) is 1. The van der Waals surface area contributed by atoms with Crippen molar-refractivity contribution in [2.75, 3.05) is 11.9 Å². The number of carbonyl (C=O) groups is 1. The Morgan fingerprint density at radius 2 is 2.55 bits per heavy atom. The SMILES string of the molecule is CC1=CCNC(C(=O)CBr)=C1. The largest absolute Gasteiger partial charge is 0.379 e. The molecule has 0 atom stereocenters. The number of ketones is 1. The maximum absolute atomic E-state index is 11.1. The van der Waals surface area contributed by atoms with Crippen LogP contribution < -0.4 is 5.32 Å². The Kier molecular flexibility index (Phi) is 2.88. The second-order valence-corrected chi connectivity index (χ2v) is 3.00. The van der Waals surface area contributed by atoms with Crippen LogP contribution in [0.15, 0.2) is 23.4 Å². The highest BCUT2D eigenvalue weighted by atomic mass is 79.9. The van der Waals surface area contributed by atoms with E-state index in [0.29, 0.717) is 11.0 Å². The Morgan fingerprint density at radius 3 is 3.09 bits per heavy atom. The minimum atomic E-state index is 0.109. The average Bonchev–Trinajstić information content (AvgIpc) is 2.03. The summed E-state index contributed by atoms with van der Waals surface area (Å²) in [6, 6.07) is 0. The van der Waals surface area contributed by atoms with E-state index in [2.05, 4.69) is 21.2 Å². The van der Waals surface area contributed by atoms with Gasteiger partial charge in [-0.05, 0) is 13.0 Å². The van der Waals surface area contributed by atoms with Crippen molar-refractivity contribution < 1.29 is 4.79 Å². The summed E-state index contributed by atoms with van der Waals surface area (Å²) in [6.45, 7) is 2.75. The Balaban J connectivity index is 2.73. The Labute approximate surface area is 74.5 Å². The molecule has 0 amide bonds. The Morgan fingerprint density at radius 1 is 1.82 bits per heavy atom. The predicted molar refractivity (Wildman–Crippen MR) is 48.6 cm³/mol. The second kappa shape index (κ2) is 3.72. The highest BCUT2D eigenvalue weighted by Gasteiger charge is 2.08. The summed E-state index contributed by atoms with van der Waals surface area (Å²) in [6.07, 6.45) is 3.91. The molecular formula is C8H10BrNO. The monoisotopic (exact) mass is 215 g/mol. The second-order valence-electron chi connectivity index (χ2n) is 2.44. The van der Waals surface area contributed by atoms with Gasteiger partial charge in [0.25, 0.3) is 0 Å². The van der Waals surface area contributed by atoms with Gasteiger partial charge in [-0.25, -0.2) is 0 Å². The third-order valence-corrected chi connectivity index (χ3v) is 2.02. The maximum atomic E-state index is 11.1. The van der Waals surface area contributed by atoms with Gasteiger partial charge >= 0.3 is 0 Å². The zero-order chi connectivity index (χ0) is 8.27. The summed E-state index contributed by atoms with van der Waals surface area (Å²) in [5.41, 5.74) is 1.86. The maximum Gasteiger partial charge on any atom is 0.189 e. The van der Waals surface area contributed by atoms with E-state index in [1.165, 1.54) is 0 Å². The van der Waals surface area contributed by atoms with Crippen LogP contribution in [0.3, 0.4) is 0 Å². The van der Waals surface area contributed by atoms with E-state index in [4.69, 9.17) is 0 Å². The highest BCUT2D eigenvalue weighted by Crippen LogP contribution is 2.06. The number of alkyl halides is 1. The molecule has 0 aliphatic carbocycles. The molecule has 0 aromatic heterocycles. The smallest absolute Gasteiger partial charge is 0.189 e. The lowest BCUT2D eigenvalue weighted by Gasteiger charge is -2.11. The molecule has 1 aliphatic heterocycles. The Hall–Kier alpha value is -0.570. The van der Waals surface area contributed by atoms with Gasteiger partial charge in [0.2, 0.25) is 0 Å². The van der Waals surface area contributed by atoms with E-state index in [1.54, 1.807) is 0 Å². The molecule has 0 bridgehead atoms. The molecule has 0 unspecified atom stereocenters. The fourth-order valence-electron chi connectivity index (χ4n) is 0.911. The van der Waals surface area contributed by atoms with Crippen LogP contribution in [0.1, 0.15) is 6.92 Å². The van der Waals surface area contributed by atoms with Crippen molar-refractivity contribution in [3.63, 3.8) is 0 Å². The van der Waals surface area contributed by atoms with Gasteiger partial charge in [0.05, 0.1) is 11.0 Å². The number of carbonyl (C=O) groups excluding carboxylic acids is 1. The minimum Gasteiger partial charge on any atom is -0.379 e. The summed E-state index contributed by atoms with van der Waals surface area (Å²) in [5, 5.41) is 3.39. The predicted octanol–water partition coefficient (Wildman–Crippen LogP) is 1.38. The number of hydrogen-bond acceptors (Lipinski definition) is 2. The van der Waals surface area contributed by atoms with E-state index < -0.39 is 0 Å². The van der Waals surface area contributed by atoms with Crippen molar-refractivity contribution >= 4 is 21.7 Å². The molecule has 11 heavy (non-hydrogen) atoms. The third kappa shape index (κ3) is 2.19. The number of dihydropyridines is 1. The molecule has 1 N–H and O–H groups in total. The summed E-state index contributed by atoms with van der Waals surface area (Å²) in [5.74, 6) is 0.109. The molecular weight excluding hydrogens is 206 g/mol. The van der Waals surface area contributed by atoms with E-state index in [0.717, 1.165) is 12.1 Å². The molecule has 60 valence electrons. The van der Waals surface area contributed by atoms with Crippen LogP contribution in [0.2, 0.25) is 0 Å². The number of halogens is 1. The van der Waals surface area contributed by atoms with Gasteiger partial charge in [0, 0.05) is 6.54 Å². The van der Waals surface area contributed by atoms with Crippen LogP contribution in [0.25, 0.3) is 0 Å². The topological polar surface area (TPSA) is 29.1 Å². The van der Waals surface area contributed by atoms with Crippen LogP contribution in [-0.4, -0.2) is 17.7 Å². The van der Waals surface area contributed by atoms with Gasteiger partial charge < -0.3 is 5.32 Å². The fourth-order valence-corrected chi connectivity index (χ4v) is 1.21. The molecule has 0 fully saturated rings. The van der Waals surface area contributed by atoms with Crippen molar-refractivity contribution in [2.45, 2.75) is 6.92 Å². The lowest BCUT2D eigenvalue weighted by molar-refractivity contribution is -0.113. The van der Waals surface area contributed by atoms with Gasteiger partial charge in [-0.1, -0.05) is 27.6 Å². The highest BCUT2D eigenvalue weighted by molar-refractivity contribution is 9.09. The minimum absolute atomic E-state index is 0.109. The number of nitrogens with one attached hydrogen (secondary N) is 1. The molecule has 1 rings (SSSR count). The lowest BCUT2D eigenvalue weighted by atomic mass is 10.1. The van der Waals surface area contributed by atoms with Crippen LogP contribution in [0, 0.1) is 0 Å². The molecule has 0 saturated carbocycles. The van der Waals surface area contributed by atoms with Crippen LogP contribution in [0.4, 0.5) is 0 Å². The van der Waals surface area contributed by atoms with Crippen molar-refractivity contribution in [3.05, 3.63) is 23.4 Å². The normalized spacial score (nSPS) is 16.5. The summed E-state index contributed by atoms with van der Waals surface area (Å²) < 4.78 is 0. The van der Waals surface area contributed by atoms with Crippen LogP contribution in [0.5, 0.6) is 0 Å².